The molecule has 0 saturated carbocycles. The Morgan fingerprint density at radius 3 is 2.55 bits per heavy atom. The molecule has 6 rings (SSSR count). The molecule has 8 nitrogen and oxygen atoms in total. The molecule has 0 spiro atoms. The summed E-state index contributed by atoms with van der Waals surface area (Å²) in [6.45, 7) is 3.83. The van der Waals surface area contributed by atoms with Gasteiger partial charge in [-0.3, -0.25) is 4.98 Å². The van der Waals surface area contributed by atoms with Gasteiger partial charge in [0, 0.05) is 52.4 Å². The summed E-state index contributed by atoms with van der Waals surface area (Å²) >= 11 is 0. The highest BCUT2D eigenvalue weighted by Gasteiger charge is 2.21. The fourth-order valence-electron chi connectivity index (χ4n) is 4.52. The highest BCUT2D eigenvalue weighted by Crippen LogP contribution is 2.42. The number of fused-ring (bicyclic) bond motifs is 3. The molecule has 0 unspecified atom stereocenters. The van der Waals surface area contributed by atoms with Crippen LogP contribution in [0.25, 0.3) is 55.4 Å². The van der Waals surface area contributed by atoms with Gasteiger partial charge in [0.1, 0.15) is 23.5 Å². The number of nitrogens with one attached hydrogen (secondary N) is 2. The van der Waals surface area contributed by atoms with Crippen LogP contribution in [0, 0.1) is 13.8 Å². The smallest absolute Gasteiger partial charge is 0.142 e. The lowest BCUT2D eigenvalue weighted by Crippen LogP contribution is -1.91. The van der Waals surface area contributed by atoms with Crippen molar-refractivity contribution in [3.8, 4) is 39.3 Å². The molecule has 0 bridgehead atoms. The number of aryl methyl sites for hydroxylation is 2. The van der Waals surface area contributed by atoms with Crippen LogP contribution in [0.1, 0.15) is 11.5 Å². The van der Waals surface area contributed by atoms with E-state index in [1.54, 1.807) is 25.8 Å². The van der Waals surface area contributed by atoms with Crippen LogP contribution in [0.15, 0.2) is 59.9 Å². The number of aromatic amines is 2. The topological polar surface area (TPSA) is 106 Å². The van der Waals surface area contributed by atoms with Gasteiger partial charge in [0.25, 0.3) is 0 Å². The average molecular weight is 436 g/mol. The van der Waals surface area contributed by atoms with E-state index >= 15 is 0 Å². The third-order valence-corrected chi connectivity index (χ3v) is 6.00. The first-order valence-electron chi connectivity index (χ1n) is 10.5. The summed E-state index contributed by atoms with van der Waals surface area (Å²) in [6, 6.07) is 8.06. The summed E-state index contributed by atoms with van der Waals surface area (Å²) in [7, 11) is 1.67. The number of rotatable bonds is 4. The molecule has 0 fully saturated rings. The standard InChI is InChI=1S/C25H20N6O2/c1-13-22(14(2)33-31-13)17-8-20-16(9-21(17)32-3)23-24(28-12-29-25(23)30-20)19-11-27-10-18(19)15-4-6-26-7-5-15/h4-12,27H,1-3H3,(H,28,29,30). The van der Waals surface area contributed by atoms with Crippen molar-refractivity contribution >= 4 is 21.9 Å². The van der Waals surface area contributed by atoms with Crippen molar-refractivity contribution in [1.29, 1.82) is 0 Å². The van der Waals surface area contributed by atoms with Crippen molar-refractivity contribution < 1.29 is 9.26 Å². The van der Waals surface area contributed by atoms with E-state index in [-0.39, 0.29) is 0 Å². The molecular formula is C25H20N6O2. The second kappa shape index (κ2) is 7.30. The minimum atomic E-state index is 0.732. The molecule has 0 aliphatic heterocycles. The Labute approximate surface area is 188 Å². The van der Waals surface area contributed by atoms with Gasteiger partial charge in [0.15, 0.2) is 0 Å². The number of benzene rings is 1. The molecule has 162 valence electrons. The van der Waals surface area contributed by atoms with Crippen molar-refractivity contribution in [2.24, 2.45) is 0 Å². The van der Waals surface area contributed by atoms with Gasteiger partial charge in [0.05, 0.1) is 29.4 Å². The maximum absolute atomic E-state index is 5.79. The van der Waals surface area contributed by atoms with Gasteiger partial charge in [-0.15, -0.1) is 0 Å². The van der Waals surface area contributed by atoms with E-state index in [9.17, 15) is 0 Å². The summed E-state index contributed by atoms with van der Waals surface area (Å²) in [5, 5.41) is 6.02. The SMILES string of the molecule is COc1cc2c(cc1-c1c(C)noc1C)[nH]c1ncnc(-c3c[nH]cc3-c3ccncc3)c12. The molecule has 0 saturated heterocycles. The lowest BCUT2D eigenvalue weighted by Gasteiger charge is -2.09. The summed E-state index contributed by atoms with van der Waals surface area (Å²) in [6.07, 6.45) is 9.10. The largest absolute Gasteiger partial charge is 0.496 e. The first-order valence-corrected chi connectivity index (χ1v) is 10.5. The fourth-order valence-corrected chi connectivity index (χ4v) is 4.52. The molecule has 0 aliphatic rings. The molecule has 0 amide bonds. The molecule has 1 aromatic carbocycles. The zero-order chi connectivity index (χ0) is 22.5. The highest BCUT2D eigenvalue weighted by atomic mass is 16.5. The molecule has 33 heavy (non-hydrogen) atoms. The molecule has 0 radical (unpaired) electrons. The Morgan fingerprint density at radius 2 is 1.79 bits per heavy atom. The van der Waals surface area contributed by atoms with Gasteiger partial charge in [-0.05, 0) is 43.7 Å². The quantitative estimate of drug-likeness (QED) is 0.381. The van der Waals surface area contributed by atoms with Gasteiger partial charge < -0.3 is 19.2 Å². The van der Waals surface area contributed by atoms with E-state index in [1.807, 2.05) is 44.4 Å². The van der Waals surface area contributed by atoms with E-state index in [2.05, 4.69) is 36.1 Å². The lowest BCUT2D eigenvalue weighted by molar-refractivity contribution is 0.393. The molecule has 0 atom stereocenters. The molecule has 8 heteroatoms. The lowest BCUT2D eigenvalue weighted by atomic mass is 9.98. The van der Waals surface area contributed by atoms with Crippen LogP contribution in [-0.2, 0) is 0 Å². The number of H-pyrrole nitrogens is 2. The maximum atomic E-state index is 5.79. The summed E-state index contributed by atoms with van der Waals surface area (Å²) in [5.74, 6) is 1.48. The van der Waals surface area contributed by atoms with E-state index in [4.69, 9.17) is 9.26 Å². The van der Waals surface area contributed by atoms with Gasteiger partial charge >= 0.3 is 0 Å². The van der Waals surface area contributed by atoms with Crippen LogP contribution in [0.4, 0.5) is 0 Å². The number of methoxy groups -OCH3 is 1. The second-order valence-electron chi connectivity index (χ2n) is 7.89. The van der Waals surface area contributed by atoms with E-state index in [1.165, 1.54) is 0 Å². The minimum absolute atomic E-state index is 0.732. The Bertz CT molecular complexity index is 1610. The van der Waals surface area contributed by atoms with Gasteiger partial charge in [-0.1, -0.05) is 5.16 Å². The average Bonchev–Trinajstić information content (AvgIpc) is 3.55. The van der Waals surface area contributed by atoms with Gasteiger partial charge in [-0.25, -0.2) is 9.97 Å². The van der Waals surface area contributed by atoms with Crippen LogP contribution in [0.3, 0.4) is 0 Å². The molecule has 5 aromatic heterocycles. The van der Waals surface area contributed by atoms with Crippen LogP contribution >= 0.6 is 0 Å². The number of pyridine rings is 1. The zero-order valence-corrected chi connectivity index (χ0v) is 18.3. The summed E-state index contributed by atoms with van der Waals surface area (Å²) < 4.78 is 11.2. The van der Waals surface area contributed by atoms with Crippen molar-refractivity contribution in [2.45, 2.75) is 13.8 Å². The first-order chi connectivity index (χ1) is 16.2. The Balaban J connectivity index is 1.63. The Kier molecular flexibility index (Phi) is 4.26. The normalized spacial score (nSPS) is 11.5. The number of ether oxygens (including phenoxy) is 1. The predicted molar refractivity (Wildman–Crippen MR) is 126 cm³/mol. The highest BCUT2D eigenvalue weighted by molar-refractivity contribution is 6.14. The molecule has 5 heterocycles. The number of nitrogens with zero attached hydrogens (tertiary/aromatic N) is 4. The predicted octanol–water partition coefficient (Wildman–Crippen LogP) is 5.45. The zero-order valence-electron chi connectivity index (χ0n) is 18.3. The second-order valence-corrected chi connectivity index (χ2v) is 7.89. The number of hydrogen-bond donors (Lipinski definition) is 2. The minimum Gasteiger partial charge on any atom is -0.496 e. The molecule has 0 aliphatic carbocycles. The monoisotopic (exact) mass is 436 g/mol. The molecular weight excluding hydrogens is 416 g/mol. The third-order valence-electron chi connectivity index (χ3n) is 6.00. The van der Waals surface area contributed by atoms with Crippen molar-refractivity contribution in [3.05, 3.63) is 66.8 Å². The Morgan fingerprint density at radius 1 is 0.970 bits per heavy atom. The first kappa shape index (κ1) is 19.2. The van der Waals surface area contributed by atoms with Gasteiger partial charge in [-0.2, -0.15) is 0 Å². The fraction of sp³-hybridized carbons (Fsp3) is 0.120. The van der Waals surface area contributed by atoms with Crippen molar-refractivity contribution in [3.63, 3.8) is 0 Å². The number of hydrogen-bond acceptors (Lipinski definition) is 6. The maximum Gasteiger partial charge on any atom is 0.142 e. The third kappa shape index (κ3) is 2.91. The van der Waals surface area contributed by atoms with Crippen LogP contribution < -0.4 is 4.74 Å². The molecule has 6 aromatic rings. The van der Waals surface area contributed by atoms with Gasteiger partial charge in [0.2, 0.25) is 0 Å². The van der Waals surface area contributed by atoms with E-state index < -0.39 is 0 Å². The number of aromatic nitrogens is 6. The van der Waals surface area contributed by atoms with E-state index in [0.717, 1.165) is 72.7 Å². The van der Waals surface area contributed by atoms with Crippen molar-refractivity contribution in [2.75, 3.05) is 7.11 Å². The summed E-state index contributed by atoms with van der Waals surface area (Å²) in [4.78, 5) is 20.0. The Hall–Kier alpha value is -4.46. The molecule has 2 N–H and O–H groups in total. The summed E-state index contributed by atoms with van der Waals surface area (Å²) in [5.41, 5.74) is 8.30. The van der Waals surface area contributed by atoms with Crippen LogP contribution in [0.2, 0.25) is 0 Å². The van der Waals surface area contributed by atoms with E-state index in [0.29, 0.717) is 0 Å². The van der Waals surface area contributed by atoms with Crippen LogP contribution in [-0.4, -0.2) is 37.2 Å². The van der Waals surface area contributed by atoms with Crippen LogP contribution in [0.5, 0.6) is 5.75 Å². The van der Waals surface area contributed by atoms with Crippen molar-refractivity contribution in [1.82, 2.24) is 30.1 Å².